The number of rotatable bonds is 21. The van der Waals surface area contributed by atoms with Gasteiger partial charge in [-0.1, -0.05) is 76.9 Å². The topological polar surface area (TPSA) is 109 Å². The Bertz CT molecular complexity index is 526. The number of unbranched alkanes of at least 4 members (excludes halogenated alkanes) is 10. The second-order valence-corrected chi connectivity index (χ2v) is 8.57. The van der Waals surface area contributed by atoms with Gasteiger partial charge in [-0.05, 0) is 25.7 Å². The predicted octanol–water partition coefficient (Wildman–Crippen LogP) is 4.67. The van der Waals surface area contributed by atoms with Crippen LogP contribution in [0, 0.1) is 5.92 Å². The summed E-state index contributed by atoms with van der Waals surface area (Å²) < 4.78 is 0. The van der Waals surface area contributed by atoms with Crippen LogP contribution in [0.1, 0.15) is 96.8 Å². The molecule has 0 aromatic rings. The monoisotopic (exact) mass is 456 g/mol. The number of carboxylic acids is 1. The first-order chi connectivity index (χ1) is 15.0. The molecule has 0 aliphatic carbocycles. The summed E-state index contributed by atoms with van der Waals surface area (Å²) in [6, 6.07) is -0.712. The third-order valence-electron chi connectivity index (χ3n) is 5.41. The molecule has 0 aromatic heterocycles. The van der Waals surface area contributed by atoms with Crippen LogP contribution in [0.25, 0.3) is 0 Å². The number of ketones is 1. The van der Waals surface area contributed by atoms with Crippen LogP contribution in [0.4, 0.5) is 0 Å². The van der Waals surface area contributed by atoms with E-state index >= 15 is 0 Å². The van der Waals surface area contributed by atoms with Crippen LogP contribution in [0.15, 0.2) is 12.2 Å². The molecular formula is C24H44N2O4S. The lowest BCUT2D eigenvalue weighted by atomic mass is 9.92. The Kier molecular flexibility index (Phi) is 19.7. The molecule has 0 fully saturated rings. The molecule has 0 saturated heterocycles. The van der Waals surface area contributed by atoms with Crippen LogP contribution in [0.5, 0.6) is 0 Å². The maximum Gasteiger partial charge on any atom is 0.303 e. The van der Waals surface area contributed by atoms with E-state index in [4.69, 9.17) is 10.8 Å². The molecule has 7 heteroatoms. The number of thiol groups is 1. The Labute approximate surface area is 194 Å². The van der Waals surface area contributed by atoms with E-state index in [1.807, 2.05) is 12.2 Å². The van der Waals surface area contributed by atoms with Gasteiger partial charge < -0.3 is 16.2 Å². The SMILES string of the molecule is CCCCCCCCCCCC/C=C\[C@H](CCCC(=O)O)C(=O)C(CS)NC(=O)CN. The maximum absolute atomic E-state index is 12.8. The molecule has 0 radical (unpaired) electrons. The number of nitrogens with two attached hydrogens (primary N) is 1. The van der Waals surface area contributed by atoms with Gasteiger partial charge in [0.1, 0.15) is 0 Å². The van der Waals surface area contributed by atoms with Crippen LogP contribution < -0.4 is 11.1 Å². The van der Waals surface area contributed by atoms with E-state index in [1.165, 1.54) is 57.8 Å². The Hall–Kier alpha value is -1.34. The lowest BCUT2D eigenvalue weighted by molar-refractivity contribution is -0.137. The van der Waals surface area contributed by atoms with Gasteiger partial charge in [0.15, 0.2) is 5.78 Å². The Morgan fingerprint density at radius 2 is 1.55 bits per heavy atom. The zero-order chi connectivity index (χ0) is 23.3. The number of aliphatic carboxylic acids is 1. The van der Waals surface area contributed by atoms with Gasteiger partial charge >= 0.3 is 5.97 Å². The van der Waals surface area contributed by atoms with Gasteiger partial charge in [-0.25, -0.2) is 0 Å². The van der Waals surface area contributed by atoms with E-state index in [2.05, 4.69) is 24.9 Å². The van der Waals surface area contributed by atoms with Crippen LogP contribution in [0.2, 0.25) is 0 Å². The Balaban J connectivity index is 4.36. The normalized spacial score (nSPS) is 13.3. The number of carbonyl (C=O) groups excluding carboxylic acids is 2. The molecule has 31 heavy (non-hydrogen) atoms. The lowest BCUT2D eigenvalue weighted by Crippen LogP contribution is -2.46. The van der Waals surface area contributed by atoms with Crippen molar-refractivity contribution in [1.29, 1.82) is 0 Å². The summed E-state index contributed by atoms with van der Waals surface area (Å²) in [7, 11) is 0. The molecule has 0 aromatic carbocycles. The molecule has 0 heterocycles. The van der Waals surface area contributed by atoms with Gasteiger partial charge in [0.05, 0.1) is 12.6 Å². The summed E-state index contributed by atoms with van der Waals surface area (Å²) in [5.41, 5.74) is 5.32. The number of amides is 1. The molecule has 180 valence electrons. The molecule has 0 spiro atoms. The van der Waals surface area contributed by atoms with Crippen molar-refractivity contribution in [2.75, 3.05) is 12.3 Å². The molecule has 0 aliphatic rings. The zero-order valence-corrected chi connectivity index (χ0v) is 20.2. The number of Topliss-reactive ketones (excluding diaryl/α,β-unsaturated/α-hetero) is 1. The first kappa shape index (κ1) is 29.7. The minimum Gasteiger partial charge on any atom is -0.481 e. The molecule has 1 amide bonds. The standard InChI is InChI=1S/C24H44N2O4S/c1-2-3-4-5-6-7-8-9-10-11-12-13-15-20(16-14-17-23(28)29)24(30)21(19-31)26-22(27)18-25/h13,15,20-21,31H,2-12,14,16-19,25H2,1H3,(H,26,27)(H,28,29)/b15-13-/t20-,21?/m1/s1. The number of nitrogens with one attached hydrogen (secondary N) is 1. The van der Waals surface area contributed by atoms with Crippen molar-refractivity contribution < 1.29 is 19.5 Å². The third-order valence-corrected chi connectivity index (χ3v) is 5.78. The first-order valence-corrected chi connectivity index (χ1v) is 12.6. The average Bonchev–Trinajstić information content (AvgIpc) is 2.76. The van der Waals surface area contributed by atoms with Crippen LogP contribution in [-0.4, -0.2) is 41.1 Å². The smallest absolute Gasteiger partial charge is 0.303 e. The summed E-state index contributed by atoms with van der Waals surface area (Å²) in [6.45, 7) is 2.05. The van der Waals surface area contributed by atoms with E-state index < -0.39 is 23.8 Å². The molecule has 6 nitrogen and oxygen atoms in total. The summed E-state index contributed by atoms with van der Waals surface area (Å²) >= 11 is 4.18. The fourth-order valence-electron chi connectivity index (χ4n) is 3.54. The molecule has 0 aliphatic heterocycles. The highest BCUT2D eigenvalue weighted by Gasteiger charge is 2.25. The van der Waals surface area contributed by atoms with Crippen molar-refractivity contribution in [2.45, 2.75) is 103 Å². The van der Waals surface area contributed by atoms with Crippen molar-refractivity contribution in [1.82, 2.24) is 5.32 Å². The summed E-state index contributed by atoms with van der Waals surface area (Å²) in [4.78, 5) is 35.2. The fraction of sp³-hybridized carbons (Fsp3) is 0.792. The highest BCUT2D eigenvalue weighted by Crippen LogP contribution is 2.16. The van der Waals surface area contributed by atoms with Gasteiger partial charge in [0, 0.05) is 18.1 Å². The highest BCUT2D eigenvalue weighted by atomic mass is 32.1. The highest BCUT2D eigenvalue weighted by molar-refractivity contribution is 7.80. The molecule has 4 N–H and O–H groups in total. The quantitative estimate of drug-likeness (QED) is 0.114. The van der Waals surface area contributed by atoms with Gasteiger partial charge in [0.25, 0.3) is 0 Å². The van der Waals surface area contributed by atoms with Gasteiger partial charge in [0.2, 0.25) is 5.91 Å². The molecule has 0 rings (SSSR count). The first-order valence-electron chi connectivity index (χ1n) is 12.0. The third kappa shape index (κ3) is 17.0. The number of hydrogen-bond donors (Lipinski definition) is 4. The van der Waals surface area contributed by atoms with Crippen molar-refractivity contribution in [3.63, 3.8) is 0 Å². The Morgan fingerprint density at radius 3 is 2.06 bits per heavy atom. The van der Waals surface area contributed by atoms with Gasteiger partial charge in [-0.2, -0.15) is 12.6 Å². The number of carbonyl (C=O) groups is 3. The fourth-order valence-corrected chi connectivity index (χ4v) is 3.81. The van der Waals surface area contributed by atoms with E-state index in [0.29, 0.717) is 12.8 Å². The van der Waals surface area contributed by atoms with Crippen molar-refractivity contribution in [3.8, 4) is 0 Å². The van der Waals surface area contributed by atoms with Crippen LogP contribution in [0.3, 0.4) is 0 Å². The Morgan fingerprint density at radius 1 is 0.968 bits per heavy atom. The average molecular weight is 457 g/mol. The number of carboxylic acid groups (broad SMARTS) is 1. The predicted molar refractivity (Wildman–Crippen MR) is 130 cm³/mol. The van der Waals surface area contributed by atoms with Gasteiger partial charge in [-0.15, -0.1) is 0 Å². The van der Waals surface area contributed by atoms with E-state index in [0.717, 1.165) is 12.8 Å². The second-order valence-electron chi connectivity index (χ2n) is 8.20. The van der Waals surface area contributed by atoms with Crippen molar-refractivity contribution >= 4 is 30.3 Å². The summed E-state index contributed by atoms with van der Waals surface area (Å²) in [6.07, 6.45) is 18.5. The minimum atomic E-state index is -0.872. The van der Waals surface area contributed by atoms with E-state index in [9.17, 15) is 14.4 Å². The summed E-state index contributed by atoms with van der Waals surface area (Å²) in [5.74, 6) is -1.64. The largest absolute Gasteiger partial charge is 0.481 e. The molecule has 1 unspecified atom stereocenters. The summed E-state index contributed by atoms with van der Waals surface area (Å²) in [5, 5.41) is 11.5. The maximum atomic E-state index is 12.8. The lowest BCUT2D eigenvalue weighted by Gasteiger charge is -2.20. The molecule has 0 saturated carbocycles. The van der Waals surface area contributed by atoms with Crippen molar-refractivity contribution in [2.24, 2.45) is 11.7 Å². The second kappa shape index (κ2) is 20.6. The van der Waals surface area contributed by atoms with E-state index in [-0.39, 0.29) is 24.5 Å². The number of allylic oxidation sites excluding steroid dienone is 2. The molecule has 0 bridgehead atoms. The van der Waals surface area contributed by atoms with Crippen LogP contribution >= 0.6 is 12.6 Å². The van der Waals surface area contributed by atoms with E-state index in [1.54, 1.807) is 0 Å². The number of hydrogen-bond acceptors (Lipinski definition) is 5. The zero-order valence-electron chi connectivity index (χ0n) is 19.3. The minimum absolute atomic E-state index is 0.0246. The van der Waals surface area contributed by atoms with Crippen molar-refractivity contribution in [3.05, 3.63) is 12.2 Å². The van der Waals surface area contributed by atoms with Gasteiger partial charge in [-0.3, -0.25) is 14.4 Å². The molecule has 2 atom stereocenters. The van der Waals surface area contributed by atoms with Crippen LogP contribution in [-0.2, 0) is 14.4 Å². The molecular weight excluding hydrogens is 412 g/mol.